The summed E-state index contributed by atoms with van der Waals surface area (Å²) in [5.74, 6) is 0.820. The van der Waals surface area contributed by atoms with Gasteiger partial charge in [-0.15, -0.1) is 0 Å². The second-order valence-electron chi connectivity index (χ2n) is 4.61. The van der Waals surface area contributed by atoms with Crippen LogP contribution < -0.4 is 5.32 Å². The number of aromatic nitrogens is 5. The molecule has 3 rings (SSSR count). The van der Waals surface area contributed by atoms with Crippen LogP contribution in [0, 0.1) is 0 Å². The Morgan fingerprint density at radius 2 is 2.21 bits per heavy atom. The van der Waals surface area contributed by atoms with E-state index in [1.54, 1.807) is 19.3 Å². The predicted octanol–water partition coefficient (Wildman–Crippen LogP) is 1.15. The number of rotatable bonds is 4. The van der Waals surface area contributed by atoms with E-state index in [9.17, 15) is 4.79 Å². The van der Waals surface area contributed by atoms with Crippen molar-refractivity contribution in [1.82, 2.24) is 24.7 Å². The molecule has 0 saturated heterocycles. The fraction of sp³-hybridized carbons (Fsp3) is 0.417. The maximum Gasteiger partial charge on any atom is 0.250 e. The molecular weight excluding hydrogens is 244 g/mol. The summed E-state index contributed by atoms with van der Waals surface area (Å²) in [5, 5.41) is 6.78. The third-order valence-electron chi connectivity index (χ3n) is 3.15. The normalized spacial score (nSPS) is 16.1. The highest BCUT2D eigenvalue weighted by atomic mass is 16.2. The molecule has 0 bridgehead atoms. The molecule has 1 aliphatic carbocycles. The Kier molecular flexibility index (Phi) is 2.94. The minimum Gasteiger partial charge on any atom is -0.307 e. The Bertz CT molecular complexity index is 578. The number of anilines is 1. The molecule has 0 radical (unpaired) electrons. The lowest BCUT2D eigenvalue weighted by Crippen LogP contribution is -2.25. The van der Waals surface area contributed by atoms with Gasteiger partial charge in [0, 0.05) is 18.3 Å². The molecule has 2 aromatic rings. The van der Waals surface area contributed by atoms with Gasteiger partial charge >= 0.3 is 0 Å². The van der Waals surface area contributed by atoms with Crippen molar-refractivity contribution in [2.45, 2.75) is 31.7 Å². The van der Waals surface area contributed by atoms with E-state index in [-0.39, 0.29) is 5.91 Å². The van der Waals surface area contributed by atoms with E-state index in [2.05, 4.69) is 25.4 Å². The zero-order valence-electron chi connectivity index (χ0n) is 10.5. The fourth-order valence-electron chi connectivity index (χ4n) is 1.86. The minimum atomic E-state index is -0.434. The highest BCUT2D eigenvalue weighted by molar-refractivity contribution is 5.93. The van der Waals surface area contributed by atoms with Gasteiger partial charge in [0.15, 0.2) is 5.82 Å². The van der Waals surface area contributed by atoms with Crippen molar-refractivity contribution in [3.8, 4) is 0 Å². The van der Waals surface area contributed by atoms with Crippen molar-refractivity contribution in [3.63, 3.8) is 0 Å². The van der Waals surface area contributed by atoms with Crippen molar-refractivity contribution in [3.05, 3.63) is 30.7 Å². The molecule has 7 heteroatoms. The van der Waals surface area contributed by atoms with Crippen LogP contribution in [-0.2, 0) is 4.79 Å². The van der Waals surface area contributed by atoms with Gasteiger partial charge in [0.2, 0.25) is 5.91 Å². The van der Waals surface area contributed by atoms with Crippen LogP contribution in [0.1, 0.15) is 37.4 Å². The summed E-state index contributed by atoms with van der Waals surface area (Å²) in [5.41, 5.74) is 0.877. The van der Waals surface area contributed by atoms with Crippen LogP contribution >= 0.6 is 0 Å². The molecule has 98 valence electrons. The number of carbonyl (C=O) groups is 1. The lowest BCUT2D eigenvalue weighted by molar-refractivity contribution is -0.119. The van der Waals surface area contributed by atoms with Gasteiger partial charge in [-0.25, -0.2) is 14.6 Å². The number of nitrogens with one attached hydrogen (secondary N) is 1. The smallest absolute Gasteiger partial charge is 0.250 e. The second-order valence-corrected chi connectivity index (χ2v) is 4.61. The Labute approximate surface area is 110 Å². The minimum absolute atomic E-state index is 0.173. The van der Waals surface area contributed by atoms with Gasteiger partial charge in [-0.2, -0.15) is 5.10 Å². The molecule has 1 aliphatic rings. The topological polar surface area (TPSA) is 85.6 Å². The molecule has 0 aliphatic heterocycles. The lowest BCUT2D eigenvalue weighted by atomic mass is 10.2. The third-order valence-corrected chi connectivity index (χ3v) is 3.15. The van der Waals surface area contributed by atoms with E-state index in [1.165, 1.54) is 17.3 Å². The first kappa shape index (κ1) is 11.8. The van der Waals surface area contributed by atoms with Crippen molar-refractivity contribution in [2.24, 2.45) is 0 Å². The lowest BCUT2D eigenvalue weighted by Gasteiger charge is -2.13. The molecular formula is C12H14N6O. The maximum absolute atomic E-state index is 12.1. The summed E-state index contributed by atoms with van der Waals surface area (Å²) in [6.07, 6.45) is 8.39. The Hall–Kier alpha value is -2.31. The van der Waals surface area contributed by atoms with E-state index in [0.29, 0.717) is 11.7 Å². The SMILES string of the molecule is CC(C(=O)Nc1nccnc1C1CC1)n1cncn1. The quantitative estimate of drug-likeness (QED) is 0.888. The molecule has 0 spiro atoms. The summed E-state index contributed by atoms with van der Waals surface area (Å²) in [4.78, 5) is 24.5. The number of nitrogens with zero attached hydrogens (tertiary/aromatic N) is 5. The summed E-state index contributed by atoms with van der Waals surface area (Å²) in [6.45, 7) is 1.76. The van der Waals surface area contributed by atoms with Crippen molar-refractivity contribution >= 4 is 11.7 Å². The Morgan fingerprint density at radius 1 is 1.42 bits per heavy atom. The number of hydrogen-bond donors (Lipinski definition) is 1. The average Bonchev–Trinajstić information content (AvgIpc) is 3.13. The zero-order valence-corrected chi connectivity index (χ0v) is 10.5. The van der Waals surface area contributed by atoms with Crippen LogP contribution in [-0.4, -0.2) is 30.6 Å². The summed E-state index contributed by atoms with van der Waals surface area (Å²) >= 11 is 0. The van der Waals surface area contributed by atoms with Crippen LogP contribution in [0.15, 0.2) is 25.0 Å². The molecule has 1 saturated carbocycles. The fourth-order valence-corrected chi connectivity index (χ4v) is 1.86. The summed E-state index contributed by atoms with van der Waals surface area (Å²) in [6, 6.07) is -0.434. The first-order valence-corrected chi connectivity index (χ1v) is 6.21. The zero-order chi connectivity index (χ0) is 13.2. The van der Waals surface area contributed by atoms with Crippen LogP contribution in [0.4, 0.5) is 5.82 Å². The van der Waals surface area contributed by atoms with Gasteiger partial charge in [0.05, 0.1) is 5.69 Å². The van der Waals surface area contributed by atoms with Gasteiger partial charge in [-0.1, -0.05) is 0 Å². The van der Waals surface area contributed by atoms with Crippen LogP contribution in [0.3, 0.4) is 0 Å². The van der Waals surface area contributed by atoms with Crippen molar-refractivity contribution in [2.75, 3.05) is 5.32 Å². The summed E-state index contributed by atoms with van der Waals surface area (Å²) < 4.78 is 1.50. The molecule has 1 N–H and O–H groups in total. The molecule has 0 aromatic carbocycles. The van der Waals surface area contributed by atoms with Gasteiger partial charge in [0.25, 0.3) is 0 Å². The molecule has 1 atom stereocenters. The number of amides is 1. The van der Waals surface area contributed by atoms with Gasteiger partial charge in [-0.3, -0.25) is 9.78 Å². The highest BCUT2D eigenvalue weighted by Crippen LogP contribution is 2.41. The molecule has 2 aromatic heterocycles. The highest BCUT2D eigenvalue weighted by Gasteiger charge is 2.29. The van der Waals surface area contributed by atoms with E-state index in [4.69, 9.17) is 0 Å². The van der Waals surface area contributed by atoms with Crippen molar-refractivity contribution < 1.29 is 4.79 Å². The standard InChI is InChI=1S/C12H14N6O/c1-8(18-7-13-6-16-18)12(19)17-11-10(9-2-3-9)14-4-5-15-11/h4-9H,2-3H2,1H3,(H,15,17,19). The van der Waals surface area contributed by atoms with Gasteiger partial charge in [-0.05, 0) is 19.8 Å². The van der Waals surface area contributed by atoms with Crippen LogP contribution in [0.2, 0.25) is 0 Å². The first-order valence-electron chi connectivity index (χ1n) is 6.21. The van der Waals surface area contributed by atoms with E-state index in [1.807, 2.05) is 0 Å². The molecule has 7 nitrogen and oxygen atoms in total. The van der Waals surface area contributed by atoms with E-state index < -0.39 is 6.04 Å². The molecule has 1 unspecified atom stereocenters. The maximum atomic E-state index is 12.1. The summed E-state index contributed by atoms with van der Waals surface area (Å²) in [7, 11) is 0. The second kappa shape index (κ2) is 4.75. The molecule has 2 heterocycles. The van der Waals surface area contributed by atoms with E-state index >= 15 is 0 Å². The molecule has 1 fully saturated rings. The average molecular weight is 258 g/mol. The Morgan fingerprint density at radius 3 is 2.89 bits per heavy atom. The van der Waals surface area contributed by atoms with Crippen LogP contribution in [0.25, 0.3) is 0 Å². The number of carbonyl (C=O) groups excluding carboxylic acids is 1. The van der Waals surface area contributed by atoms with Gasteiger partial charge in [0.1, 0.15) is 18.7 Å². The number of hydrogen-bond acceptors (Lipinski definition) is 5. The van der Waals surface area contributed by atoms with Crippen molar-refractivity contribution in [1.29, 1.82) is 0 Å². The molecule has 19 heavy (non-hydrogen) atoms. The largest absolute Gasteiger partial charge is 0.307 e. The first-order chi connectivity index (χ1) is 9.25. The predicted molar refractivity (Wildman–Crippen MR) is 67.4 cm³/mol. The van der Waals surface area contributed by atoms with E-state index in [0.717, 1.165) is 18.5 Å². The third kappa shape index (κ3) is 2.44. The van der Waals surface area contributed by atoms with Crippen LogP contribution in [0.5, 0.6) is 0 Å². The molecule has 1 amide bonds. The Balaban J connectivity index is 1.76. The monoisotopic (exact) mass is 258 g/mol. The van der Waals surface area contributed by atoms with Gasteiger partial charge < -0.3 is 5.32 Å².